The van der Waals surface area contributed by atoms with Gasteiger partial charge >= 0.3 is 6.09 Å². The first-order valence-corrected chi connectivity index (χ1v) is 10.4. The minimum Gasteiger partial charge on any atom is -0.448 e. The fraction of sp³-hybridized carbons (Fsp3) is 0.529. The number of aryl methyl sites for hydroxylation is 1. The normalized spacial score (nSPS) is 12.3. The van der Waals surface area contributed by atoms with Crippen molar-refractivity contribution in [2.45, 2.75) is 32.4 Å². The van der Waals surface area contributed by atoms with Crippen LogP contribution in [0.25, 0.3) is 0 Å². The number of sulfone groups is 1. The van der Waals surface area contributed by atoms with Crippen molar-refractivity contribution >= 4 is 44.7 Å². The first-order valence-electron chi connectivity index (χ1n) is 8.27. The zero-order valence-corrected chi connectivity index (χ0v) is 17.0. The summed E-state index contributed by atoms with van der Waals surface area (Å²) < 4.78 is 26.8. The van der Waals surface area contributed by atoms with Gasteiger partial charge in [0.2, 0.25) is 0 Å². The summed E-state index contributed by atoms with van der Waals surface area (Å²) in [4.78, 5) is 25.1. The number of nitrogens with zero attached hydrogens (tertiary/aromatic N) is 1. The summed E-state index contributed by atoms with van der Waals surface area (Å²) >= 11 is 5.54. The number of benzene rings is 1. The van der Waals surface area contributed by atoms with Crippen LogP contribution >= 0.6 is 11.6 Å². The lowest BCUT2D eigenvalue weighted by atomic mass is 10.1. The quantitative estimate of drug-likeness (QED) is 0.636. The highest BCUT2D eigenvalue weighted by molar-refractivity contribution is 7.94. The minimum atomic E-state index is -3.85. The number of carbonyl (C=O) groups is 2. The molecule has 1 atom stereocenters. The molecule has 7 nitrogen and oxygen atoms in total. The highest BCUT2D eigenvalue weighted by Gasteiger charge is 2.27. The van der Waals surface area contributed by atoms with E-state index >= 15 is 0 Å². The first-order chi connectivity index (χ1) is 12.1. The Bertz CT molecular complexity index is 748. The molecule has 1 unspecified atom stereocenters. The molecule has 0 saturated carbocycles. The topological polar surface area (TPSA) is 92.8 Å². The molecule has 26 heavy (non-hydrogen) atoms. The van der Waals surface area contributed by atoms with Crippen molar-refractivity contribution in [3.05, 3.63) is 23.8 Å². The van der Waals surface area contributed by atoms with Gasteiger partial charge in [-0.25, -0.2) is 13.2 Å². The third-order valence-corrected chi connectivity index (χ3v) is 6.63. The monoisotopic (exact) mass is 404 g/mol. The number of nitrogens with one attached hydrogen (secondary N) is 1. The number of hydrogen-bond donors (Lipinski definition) is 1. The Morgan fingerprint density at radius 2 is 1.88 bits per heavy atom. The van der Waals surface area contributed by atoms with Crippen molar-refractivity contribution in [2.75, 3.05) is 35.7 Å². The number of Topliss-reactive ketones (excluding diaryl/α,β-unsaturated/α-hetero) is 1. The van der Waals surface area contributed by atoms with Gasteiger partial charge in [-0.1, -0.05) is 11.6 Å². The van der Waals surface area contributed by atoms with Crippen molar-refractivity contribution in [2.24, 2.45) is 0 Å². The van der Waals surface area contributed by atoms with Crippen LogP contribution in [-0.4, -0.2) is 50.5 Å². The molecule has 1 amide bonds. The summed E-state index contributed by atoms with van der Waals surface area (Å²) in [6.45, 7) is 8.44. The summed E-state index contributed by atoms with van der Waals surface area (Å²) in [5, 5.41) is 2.58. The molecule has 0 fully saturated rings. The number of alkyl halides is 1. The Morgan fingerprint density at radius 3 is 2.38 bits per heavy atom. The second kappa shape index (κ2) is 9.78. The van der Waals surface area contributed by atoms with Crippen LogP contribution in [0.3, 0.4) is 0 Å². The Balaban J connectivity index is 2.62. The molecule has 9 heteroatoms. The van der Waals surface area contributed by atoms with Crippen molar-refractivity contribution in [1.82, 2.24) is 0 Å². The van der Waals surface area contributed by atoms with Crippen LogP contribution in [0.15, 0.2) is 18.2 Å². The Morgan fingerprint density at radius 1 is 1.27 bits per heavy atom. The average Bonchev–Trinajstić information content (AvgIpc) is 2.57. The molecule has 146 valence electrons. The van der Waals surface area contributed by atoms with Gasteiger partial charge < -0.3 is 9.64 Å². The van der Waals surface area contributed by atoms with Gasteiger partial charge in [0, 0.05) is 24.5 Å². The molecule has 0 aromatic heterocycles. The lowest BCUT2D eigenvalue weighted by Gasteiger charge is -2.22. The number of anilines is 2. The number of halogens is 1. The standard InChI is InChI=1S/C17H25ClN2O5S/c1-5-20(6-2)14-7-8-15(12(3)11-14)19-17(22)25-9-10-26(23,24)16(18)13(4)21/h7-8,11,16H,5-6,9-10H2,1-4H3,(H,19,22). The van der Waals surface area contributed by atoms with Gasteiger partial charge in [-0.2, -0.15) is 0 Å². The van der Waals surface area contributed by atoms with Gasteiger partial charge in [0.15, 0.2) is 20.3 Å². The first kappa shape index (κ1) is 22.2. The van der Waals surface area contributed by atoms with E-state index < -0.39 is 32.2 Å². The fourth-order valence-electron chi connectivity index (χ4n) is 2.33. The van der Waals surface area contributed by atoms with Gasteiger partial charge in [-0.05, 0) is 51.5 Å². The smallest absolute Gasteiger partial charge is 0.411 e. The number of hydrogen-bond acceptors (Lipinski definition) is 6. The molecule has 0 aliphatic rings. The number of carbonyl (C=O) groups excluding carboxylic acids is 2. The highest BCUT2D eigenvalue weighted by Crippen LogP contribution is 2.22. The van der Waals surface area contributed by atoms with Crippen LogP contribution in [0.5, 0.6) is 0 Å². The van der Waals surface area contributed by atoms with E-state index in [-0.39, 0.29) is 6.61 Å². The maximum Gasteiger partial charge on any atom is 0.411 e. The van der Waals surface area contributed by atoms with Gasteiger partial charge in [0.05, 0.1) is 5.75 Å². The summed E-state index contributed by atoms with van der Waals surface area (Å²) in [6, 6.07) is 5.62. The number of amides is 1. The Hall–Kier alpha value is -1.80. The van der Waals surface area contributed by atoms with Crippen LogP contribution in [0.2, 0.25) is 0 Å². The van der Waals surface area contributed by atoms with Gasteiger partial charge in [0.1, 0.15) is 6.61 Å². The summed E-state index contributed by atoms with van der Waals surface area (Å²) in [5.41, 5.74) is 2.49. The predicted molar refractivity (Wildman–Crippen MR) is 104 cm³/mol. The maximum atomic E-state index is 11.8. The van der Waals surface area contributed by atoms with Gasteiger partial charge in [-0.15, -0.1) is 0 Å². The van der Waals surface area contributed by atoms with E-state index in [9.17, 15) is 18.0 Å². The largest absolute Gasteiger partial charge is 0.448 e. The number of ether oxygens (including phenoxy) is 1. The van der Waals surface area contributed by atoms with Gasteiger partial charge in [0.25, 0.3) is 0 Å². The number of rotatable bonds is 9. The van der Waals surface area contributed by atoms with Crippen molar-refractivity contribution in [3.63, 3.8) is 0 Å². The molecule has 1 rings (SSSR count). The molecule has 0 aliphatic heterocycles. The third kappa shape index (κ3) is 6.17. The second-order valence-corrected chi connectivity index (χ2v) is 8.63. The second-order valence-electron chi connectivity index (χ2n) is 5.73. The van der Waals surface area contributed by atoms with Crippen molar-refractivity contribution < 1.29 is 22.7 Å². The Labute approximate surface area is 159 Å². The maximum absolute atomic E-state index is 11.8. The van der Waals surface area contributed by atoms with E-state index in [2.05, 4.69) is 24.1 Å². The molecule has 1 N–H and O–H groups in total. The molecular weight excluding hydrogens is 380 g/mol. The van der Waals surface area contributed by atoms with Crippen LogP contribution in [0.4, 0.5) is 16.2 Å². The molecule has 0 bridgehead atoms. The third-order valence-electron chi connectivity index (χ3n) is 3.81. The van der Waals surface area contributed by atoms with E-state index in [4.69, 9.17) is 16.3 Å². The fourth-order valence-corrected chi connectivity index (χ4v) is 3.62. The molecule has 0 aliphatic carbocycles. The van der Waals surface area contributed by atoms with E-state index in [0.29, 0.717) is 5.69 Å². The summed E-state index contributed by atoms with van der Waals surface area (Å²) in [7, 11) is -3.85. The zero-order valence-electron chi connectivity index (χ0n) is 15.4. The van der Waals surface area contributed by atoms with Gasteiger partial charge in [-0.3, -0.25) is 10.1 Å². The van der Waals surface area contributed by atoms with E-state index in [1.165, 1.54) is 0 Å². The van der Waals surface area contributed by atoms with Crippen LogP contribution < -0.4 is 10.2 Å². The lowest BCUT2D eigenvalue weighted by molar-refractivity contribution is -0.115. The highest BCUT2D eigenvalue weighted by atomic mass is 35.5. The van der Waals surface area contributed by atoms with Crippen LogP contribution in [0.1, 0.15) is 26.3 Å². The summed E-state index contributed by atoms with van der Waals surface area (Å²) in [5.74, 6) is -1.19. The van der Waals surface area contributed by atoms with E-state index in [1.807, 2.05) is 19.1 Å². The van der Waals surface area contributed by atoms with Crippen molar-refractivity contribution in [3.8, 4) is 0 Å². The number of ketones is 1. The molecular formula is C17H25ClN2O5S. The lowest BCUT2D eigenvalue weighted by Crippen LogP contribution is -2.28. The van der Waals surface area contributed by atoms with Crippen molar-refractivity contribution in [1.29, 1.82) is 0 Å². The predicted octanol–water partition coefficient (Wildman–Crippen LogP) is 2.96. The SMILES string of the molecule is CCN(CC)c1ccc(NC(=O)OCCS(=O)(=O)C(Cl)C(C)=O)c(C)c1. The van der Waals surface area contributed by atoms with E-state index in [0.717, 1.165) is 31.3 Å². The molecule has 0 saturated heterocycles. The minimum absolute atomic E-state index is 0.388. The van der Waals surface area contributed by atoms with E-state index in [1.54, 1.807) is 6.07 Å². The molecule has 0 radical (unpaired) electrons. The van der Waals surface area contributed by atoms with Crippen LogP contribution in [0, 0.1) is 6.92 Å². The van der Waals surface area contributed by atoms with Crippen LogP contribution in [-0.2, 0) is 19.4 Å². The zero-order chi connectivity index (χ0) is 19.9. The average molecular weight is 405 g/mol. The molecule has 0 spiro atoms. The molecule has 0 heterocycles. The summed E-state index contributed by atoms with van der Waals surface area (Å²) in [6.07, 6.45) is -0.771. The molecule has 1 aromatic carbocycles. The molecule has 1 aromatic rings. The Kier molecular flexibility index (Phi) is 8.36.